The van der Waals surface area contributed by atoms with E-state index in [4.69, 9.17) is 16.0 Å². The molecule has 0 amide bonds. The Balaban J connectivity index is 2.26. The Bertz CT molecular complexity index is 505. The molecule has 0 saturated heterocycles. The molecule has 0 spiro atoms. The SMILES string of the molecule is CC(C)CN(C1CC1)S(=O)(=O)c1ccc(CCl)o1. The van der Waals surface area contributed by atoms with Crippen LogP contribution in [0.15, 0.2) is 21.6 Å². The third kappa shape index (κ3) is 2.90. The van der Waals surface area contributed by atoms with Gasteiger partial charge in [-0.05, 0) is 30.9 Å². The highest BCUT2D eigenvalue weighted by molar-refractivity contribution is 7.89. The lowest BCUT2D eigenvalue weighted by molar-refractivity contribution is 0.339. The molecule has 0 aromatic carbocycles. The zero-order valence-corrected chi connectivity index (χ0v) is 12.2. The highest BCUT2D eigenvalue weighted by Gasteiger charge is 2.39. The molecule has 0 unspecified atom stereocenters. The van der Waals surface area contributed by atoms with Crippen LogP contribution in [0.25, 0.3) is 0 Å². The summed E-state index contributed by atoms with van der Waals surface area (Å²) in [6, 6.07) is 3.24. The fourth-order valence-corrected chi connectivity index (χ4v) is 3.77. The third-order valence-electron chi connectivity index (χ3n) is 2.83. The molecule has 1 fully saturated rings. The first-order valence-electron chi connectivity index (χ1n) is 6.11. The van der Waals surface area contributed by atoms with E-state index in [2.05, 4.69) is 0 Å². The molecule has 1 aliphatic rings. The normalized spacial score (nSPS) is 16.7. The minimum atomic E-state index is -3.51. The quantitative estimate of drug-likeness (QED) is 0.757. The number of halogens is 1. The third-order valence-corrected chi connectivity index (χ3v) is 4.89. The van der Waals surface area contributed by atoms with Gasteiger partial charge in [-0.2, -0.15) is 4.31 Å². The second-order valence-corrected chi connectivity index (χ2v) is 7.14. The average Bonchev–Trinajstić information content (AvgIpc) is 3.01. The van der Waals surface area contributed by atoms with E-state index in [-0.39, 0.29) is 17.0 Å². The summed E-state index contributed by atoms with van der Waals surface area (Å²) in [5, 5.41) is 0.00528. The average molecular weight is 292 g/mol. The topological polar surface area (TPSA) is 50.5 Å². The van der Waals surface area contributed by atoms with Crippen LogP contribution in [0, 0.1) is 5.92 Å². The van der Waals surface area contributed by atoms with Crippen molar-refractivity contribution in [3.8, 4) is 0 Å². The van der Waals surface area contributed by atoms with Crippen molar-refractivity contribution in [2.24, 2.45) is 5.92 Å². The summed E-state index contributed by atoms with van der Waals surface area (Å²) in [6.07, 6.45) is 1.88. The van der Waals surface area contributed by atoms with E-state index in [1.165, 1.54) is 6.07 Å². The van der Waals surface area contributed by atoms with Gasteiger partial charge in [-0.15, -0.1) is 11.6 Å². The van der Waals surface area contributed by atoms with Crippen molar-refractivity contribution in [2.75, 3.05) is 6.54 Å². The van der Waals surface area contributed by atoms with Gasteiger partial charge in [0.05, 0.1) is 5.88 Å². The molecule has 4 nitrogen and oxygen atoms in total. The molecule has 0 aliphatic heterocycles. The number of sulfonamides is 1. The van der Waals surface area contributed by atoms with Crippen LogP contribution < -0.4 is 0 Å². The van der Waals surface area contributed by atoms with Gasteiger partial charge in [-0.3, -0.25) is 0 Å². The van der Waals surface area contributed by atoms with Gasteiger partial charge < -0.3 is 4.42 Å². The summed E-state index contributed by atoms with van der Waals surface area (Å²) < 4.78 is 31.8. The molecule has 0 bridgehead atoms. The molecule has 1 aromatic rings. The second kappa shape index (κ2) is 5.23. The van der Waals surface area contributed by atoms with Crippen LogP contribution in [0.1, 0.15) is 32.4 Å². The number of rotatable bonds is 6. The van der Waals surface area contributed by atoms with E-state index in [0.29, 0.717) is 18.2 Å². The minimum Gasteiger partial charge on any atom is -0.447 e. The highest BCUT2D eigenvalue weighted by atomic mass is 35.5. The molecule has 0 atom stereocenters. The summed E-state index contributed by atoms with van der Waals surface area (Å²) in [7, 11) is -3.51. The van der Waals surface area contributed by atoms with Gasteiger partial charge in [-0.25, -0.2) is 8.42 Å². The van der Waals surface area contributed by atoms with Crippen LogP contribution in [-0.4, -0.2) is 25.3 Å². The maximum atomic E-state index is 12.5. The zero-order valence-electron chi connectivity index (χ0n) is 10.6. The predicted molar refractivity (Wildman–Crippen MR) is 70.0 cm³/mol. The lowest BCUT2D eigenvalue weighted by atomic mass is 10.2. The predicted octanol–water partition coefficient (Wildman–Crippen LogP) is 2.83. The van der Waals surface area contributed by atoms with E-state index >= 15 is 0 Å². The van der Waals surface area contributed by atoms with E-state index in [0.717, 1.165) is 12.8 Å². The zero-order chi connectivity index (χ0) is 13.3. The standard InChI is InChI=1S/C12H18ClNO3S/c1-9(2)8-14(10-3-4-10)18(15,16)12-6-5-11(7-13)17-12/h5-6,9-10H,3-4,7-8H2,1-2H3. The Morgan fingerprint density at radius 1 is 1.44 bits per heavy atom. The van der Waals surface area contributed by atoms with Crippen LogP contribution in [-0.2, 0) is 15.9 Å². The van der Waals surface area contributed by atoms with Crippen LogP contribution in [0.2, 0.25) is 0 Å². The fourth-order valence-electron chi connectivity index (χ4n) is 1.85. The maximum absolute atomic E-state index is 12.5. The molecule has 1 aromatic heterocycles. The summed E-state index contributed by atoms with van der Waals surface area (Å²) in [4.78, 5) is 0. The molecule has 1 heterocycles. The number of nitrogens with zero attached hydrogens (tertiary/aromatic N) is 1. The molecule has 18 heavy (non-hydrogen) atoms. The van der Waals surface area contributed by atoms with Crippen LogP contribution >= 0.6 is 11.6 Å². The number of hydrogen-bond donors (Lipinski definition) is 0. The Hall–Kier alpha value is -0.520. The Labute approximate surface area is 113 Å². The first-order chi connectivity index (χ1) is 8.45. The molecule has 0 N–H and O–H groups in total. The van der Waals surface area contributed by atoms with Gasteiger partial charge in [0.2, 0.25) is 5.09 Å². The monoisotopic (exact) mass is 291 g/mol. The summed E-state index contributed by atoms with van der Waals surface area (Å²) in [5.74, 6) is 0.960. The van der Waals surface area contributed by atoms with Crippen molar-refractivity contribution in [3.63, 3.8) is 0 Å². The van der Waals surface area contributed by atoms with Gasteiger partial charge in [-0.1, -0.05) is 13.8 Å². The van der Waals surface area contributed by atoms with Crippen molar-refractivity contribution in [3.05, 3.63) is 17.9 Å². The summed E-state index contributed by atoms with van der Waals surface area (Å²) >= 11 is 5.63. The van der Waals surface area contributed by atoms with Crippen molar-refractivity contribution >= 4 is 21.6 Å². The van der Waals surface area contributed by atoms with Crippen LogP contribution in [0.3, 0.4) is 0 Å². The van der Waals surface area contributed by atoms with E-state index in [1.807, 2.05) is 13.8 Å². The maximum Gasteiger partial charge on any atom is 0.276 e. The molecular formula is C12H18ClNO3S. The lowest BCUT2D eigenvalue weighted by Gasteiger charge is -2.22. The highest BCUT2D eigenvalue weighted by Crippen LogP contribution is 2.33. The Kier molecular flexibility index (Phi) is 4.04. The summed E-state index contributed by atoms with van der Waals surface area (Å²) in [5.41, 5.74) is 0. The van der Waals surface area contributed by atoms with Crippen molar-refractivity contribution in [1.29, 1.82) is 0 Å². The van der Waals surface area contributed by atoms with Gasteiger partial charge in [0.1, 0.15) is 5.76 Å². The first-order valence-corrected chi connectivity index (χ1v) is 8.09. The second-order valence-electron chi connectivity index (χ2n) is 5.05. The van der Waals surface area contributed by atoms with E-state index < -0.39 is 10.0 Å². The van der Waals surface area contributed by atoms with Gasteiger partial charge in [0.15, 0.2) is 0 Å². The largest absolute Gasteiger partial charge is 0.447 e. The molecule has 102 valence electrons. The van der Waals surface area contributed by atoms with Crippen molar-refractivity contribution < 1.29 is 12.8 Å². The van der Waals surface area contributed by atoms with Gasteiger partial charge >= 0.3 is 0 Å². The molecule has 0 radical (unpaired) electrons. The Morgan fingerprint density at radius 2 is 2.11 bits per heavy atom. The van der Waals surface area contributed by atoms with Crippen LogP contribution in [0.4, 0.5) is 0 Å². The minimum absolute atomic E-state index is 0.00528. The number of alkyl halides is 1. The summed E-state index contributed by atoms with van der Waals surface area (Å²) in [6.45, 7) is 4.55. The fraction of sp³-hybridized carbons (Fsp3) is 0.667. The smallest absolute Gasteiger partial charge is 0.276 e. The van der Waals surface area contributed by atoms with Gasteiger partial charge in [0.25, 0.3) is 10.0 Å². The number of furan rings is 1. The molecule has 1 saturated carbocycles. The molecule has 6 heteroatoms. The molecular weight excluding hydrogens is 274 g/mol. The lowest BCUT2D eigenvalue weighted by Crippen LogP contribution is -2.35. The van der Waals surface area contributed by atoms with Crippen LogP contribution in [0.5, 0.6) is 0 Å². The van der Waals surface area contributed by atoms with Crippen molar-refractivity contribution in [1.82, 2.24) is 4.31 Å². The first kappa shape index (κ1) is 13.9. The number of hydrogen-bond acceptors (Lipinski definition) is 3. The van der Waals surface area contributed by atoms with E-state index in [9.17, 15) is 8.42 Å². The van der Waals surface area contributed by atoms with E-state index in [1.54, 1.807) is 10.4 Å². The van der Waals surface area contributed by atoms with Gasteiger partial charge in [0, 0.05) is 12.6 Å². The van der Waals surface area contributed by atoms with Crippen molar-refractivity contribution in [2.45, 2.75) is 43.7 Å². The molecule has 1 aliphatic carbocycles. The molecule has 2 rings (SSSR count). The Morgan fingerprint density at radius 3 is 2.56 bits per heavy atom.